The minimum Gasteiger partial charge on any atom is -0.365 e. The van der Waals surface area contributed by atoms with E-state index in [1.165, 1.54) is 44.9 Å². The van der Waals surface area contributed by atoms with Crippen LogP contribution in [-0.2, 0) is 0 Å². The molecule has 0 saturated heterocycles. The Labute approximate surface area is 223 Å². The van der Waals surface area contributed by atoms with Crippen LogP contribution in [0.25, 0.3) is 11.6 Å². The standard InChI is InChI=1S/C28H38N8O2/c1-16-10-12-19(13-11-16)15-36-22-23(30-18(3)20-7-6-8-20)31-25(26-34-28(37)38-35-26)32-24(22)33-27(36)17(2)21-9-4-5-14-29-21/h4-5,9,14,16-20,27H,6-8,10-13,15H2,1-3H3,(H,34,35,37)(H2,30,31,32,33). The van der Waals surface area contributed by atoms with Crippen molar-refractivity contribution in [3.63, 3.8) is 0 Å². The first-order valence-corrected chi connectivity index (χ1v) is 14.1. The average molecular weight is 519 g/mol. The van der Waals surface area contributed by atoms with Crippen molar-refractivity contribution in [2.45, 2.75) is 83.8 Å². The molecule has 1 aliphatic heterocycles. The molecule has 202 valence electrons. The van der Waals surface area contributed by atoms with Gasteiger partial charge in [-0.1, -0.05) is 44.3 Å². The Morgan fingerprint density at radius 3 is 2.61 bits per heavy atom. The topological polar surface area (TPSA) is 125 Å². The van der Waals surface area contributed by atoms with E-state index < -0.39 is 5.76 Å². The minimum absolute atomic E-state index is 0.0280. The van der Waals surface area contributed by atoms with Crippen molar-refractivity contribution in [2.24, 2.45) is 17.8 Å². The molecule has 2 saturated carbocycles. The van der Waals surface area contributed by atoms with Gasteiger partial charge in [0.25, 0.3) is 0 Å². The molecule has 2 aliphatic carbocycles. The molecule has 10 heteroatoms. The second-order valence-electron chi connectivity index (χ2n) is 11.6. The number of hydrogen-bond donors (Lipinski definition) is 3. The zero-order chi connectivity index (χ0) is 26.2. The lowest BCUT2D eigenvalue weighted by Gasteiger charge is -2.37. The number of aromatic amines is 1. The van der Waals surface area contributed by atoms with Gasteiger partial charge in [-0.3, -0.25) is 14.5 Å². The third-order valence-electron chi connectivity index (χ3n) is 8.88. The van der Waals surface area contributed by atoms with Crippen LogP contribution in [0.4, 0.5) is 17.3 Å². The number of anilines is 3. The van der Waals surface area contributed by atoms with Crippen LogP contribution in [0.5, 0.6) is 0 Å². The summed E-state index contributed by atoms with van der Waals surface area (Å²) in [4.78, 5) is 31.2. The van der Waals surface area contributed by atoms with Crippen molar-refractivity contribution >= 4 is 17.3 Å². The third-order valence-corrected chi connectivity index (χ3v) is 8.88. The first-order chi connectivity index (χ1) is 18.5. The van der Waals surface area contributed by atoms with Gasteiger partial charge in [0.05, 0.1) is 0 Å². The molecule has 3 aromatic heterocycles. The first-order valence-electron chi connectivity index (χ1n) is 14.1. The highest BCUT2D eigenvalue weighted by Crippen LogP contribution is 2.45. The Morgan fingerprint density at radius 1 is 1.13 bits per heavy atom. The van der Waals surface area contributed by atoms with Crippen molar-refractivity contribution < 1.29 is 4.52 Å². The Balaban J connectivity index is 1.40. The van der Waals surface area contributed by atoms with Gasteiger partial charge in [0.1, 0.15) is 11.9 Å². The van der Waals surface area contributed by atoms with Gasteiger partial charge in [-0.05, 0) is 62.5 Å². The van der Waals surface area contributed by atoms with Crippen LogP contribution >= 0.6 is 0 Å². The highest BCUT2D eigenvalue weighted by molar-refractivity contribution is 5.85. The number of nitrogens with one attached hydrogen (secondary N) is 3. The van der Waals surface area contributed by atoms with Gasteiger partial charge in [0.2, 0.25) is 11.6 Å². The summed E-state index contributed by atoms with van der Waals surface area (Å²) in [6.45, 7) is 7.75. The molecule has 6 rings (SSSR count). The smallest absolute Gasteiger partial charge is 0.365 e. The molecule has 3 unspecified atom stereocenters. The molecule has 0 aromatic carbocycles. The quantitative estimate of drug-likeness (QED) is 0.377. The molecule has 0 radical (unpaired) electrons. The number of nitrogens with zero attached hydrogens (tertiary/aromatic N) is 5. The van der Waals surface area contributed by atoms with E-state index in [9.17, 15) is 4.79 Å². The van der Waals surface area contributed by atoms with E-state index in [0.717, 1.165) is 35.5 Å². The number of pyridine rings is 1. The SMILES string of the molecule is CC1CCC(CN2c3c(NC(C)C4CCC4)nc(-c4noc(=O)[nH]4)nc3NC2C(C)c2ccccn2)CC1. The maximum absolute atomic E-state index is 11.7. The average Bonchev–Trinajstić information content (AvgIpc) is 3.48. The van der Waals surface area contributed by atoms with Crippen LogP contribution in [0.2, 0.25) is 0 Å². The van der Waals surface area contributed by atoms with Gasteiger partial charge in [-0.25, -0.2) is 14.8 Å². The van der Waals surface area contributed by atoms with E-state index in [1.807, 2.05) is 18.3 Å². The fourth-order valence-corrected chi connectivity index (χ4v) is 6.19. The van der Waals surface area contributed by atoms with E-state index in [-0.39, 0.29) is 23.9 Å². The molecule has 0 spiro atoms. The first kappa shape index (κ1) is 24.9. The zero-order valence-electron chi connectivity index (χ0n) is 22.5. The summed E-state index contributed by atoms with van der Waals surface area (Å²) in [6.07, 6.45) is 10.6. The zero-order valence-corrected chi connectivity index (χ0v) is 22.5. The molecule has 2 fully saturated rings. The summed E-state index contributed by atoms with van der Waals surface area (Å²) in [7, 11) is 0. The fraction of sp³-hybridized carbons (Fsp3) is 0.607. The highest BCUT2D eigenvalue weighted by Gasteiger charge is 2.40. The Kier molecular flexibility index (Phi) is 6.80. The van der Waals surface area contributed by atoms with Crippen LogP contribution in [0.1, 0.15) is 77.3 Å². The van der Waals surface area contributed by atoms with Crippen LogP contribution < -0.4 is 21.3 Å². The molecule has 0 bridgehead atoms. The van der Waals surface area contributed by atoms with Gasteiger partial charge >= 0.3 is 5.76 Å². The molecule has 3 N–H and O–H groups in total. The van der Waals surface area contributed by atoms with Gasteiger partial charge in [-0.15, -0.1) is 0 Å². The predicted molar refractivity (Wildman–Crippen MR) is 147 cm³/mol. The van der Waals surface area contributed by atoms with Crippen molar-refractivity contribution in [1.29, 1.82) is 0 Å². The molecular formula is C28H38N8O2. The van der Waals surface area contributed by atoms with Gasteiger partial charge in [0, 0.05) is 30.4 Å². The lowest BCUT2D eigenvalue weighted by atomic mass is 9.80. The second kappa shape index (κ2) is 10.4. The van der Waals surface area contributed by atoms with Crippen LogP contribution in [-0.4, -0.2) is 43.8 Å². The van der Waals surface area contributed by atoms with Crippen molar-refractivity contribution in [2.75, 3.05) is 22.1 Å². The number of rotatable bonds is 8. The summed E-state index contributed by atoms with van der Waals surface area (Å²) in [6, 6.07) is 6.36. The summed E-state index contributed by atoms with van der Waals surface area (Å²) in [5, 5.41) is 11.3. The summed E-state index contributed by atoms with van der Waals surface area (Å²) in [5.41, 5.74) is 2.03. The largest absolute Gasteiger partial charge is 0.439 e. The maximum atomic E-state index is 11.7. The van der Waals surface area contributed by atoms with Crippen molar-refractivity contribution in [3.05, 3.63) is 40.6 Å². The summed E-state index contributed by atoms with van der Waals surface area (Å²) >= 11 is 0. The molecule has 3 aromatic rings. The number of hydrogen-bond acceptors (Lipinski definition) is 9. The minimum atomic E-state index is -0.621. The highest BCUT2D eigenvalue weighted by atomic mass is 16.5. The molecule has 10 nitrogen and oxygen atoms in total. The van der Waals surface area contributed by atoms with Crippen molar-refractivity contribution in [1.82, 2.24) is 25.1 Å². The van der Waals surface area contributed by atoms with E-state index in [1.54, 1.807) is 0 Å². The van der Waals surface area contributed by atoms with Crippen LogP contribution in [0, 0.1) is 17.8 Å². The van der Waals surface area contributed by atoms with E-state index in [2.05, 4.69) is 57.5 Å². The second-order valence-corrected chi connectivity index (χ2v) is 11.6. The fourth-order valence-electron chi connectivity index (χ4n) is 6.19. The van der Waals surface area contributed by atoms with E-state index >= 15 is 0 Å². The lowest BCUT2D eigenvalue weighted by molar-refractivity contribution is 0.284. The molecule has 38 heavy (non-hydrogen) atoms. The summed E-state index contributed by atoms with van der Waals surface area (Å²) < 4.78 is 4.77. The summed E-state index contributed by atoms with van der Waals surface area (Å²) in [5.74, 6) is 3.62. The van der Waals surface area contributed by atoms with Gasteiger partial charge < -0.3 is 15.5 Å². The van der Waals surface area contributed by atoms with E-state index in [4.69, 9.17) is 14.5 Å². The Bertz CT molecular complexity index is 1300. The monoisotopic (exact) mass is 518 g/mol. The van der Waals surface area contributed by atoms with Crippen LogP contribution in [0.3, 0.4) is 0 Å². The van der Waals surface area contributed by atoms with Crippen molar-refractivity contribution in [3.8, 4) is 11.6 Å². The number of H-pyrrole nitrogens is 1. The molecule has 0 amide bonds. The molecule has 4 heterocycles. The van der Waals surface area contributed by atoms with E-state index in [0.29, 0.717) is 17.7 Å². The lowest BCUT2D eigenvalue weighted by Crippen LogP contribution is -2.43. The normalized spacial score (nSPS) is 24.8. The Hall–Kier alpha value is -3.43. The molecular weight excluding hydrogens is 480 g/mol. The maximum Gasteiger partial charge on any atom is 0.439 e. The number of aromatic nitrogens is 5. The van der Waals surface area contributed by atoms with Crippen LogP contribution in [0.15, 0.2) is 33.7 Å². The number of fused-ring (bicyclic) bond motifs is 1. The predicted octanol–water partition coefficient (Wildman–Crippen LogP) is 5.00. The van der Waals surface area contributed by atoms with Gasteiger partial charge in [0.15, 0.2) is 11.6 Å². The van der Waals surface area contributed by atoms with Gasteiger partial charge in [-0.2, -0.15) is 0 Å². The Morgan fingerprint density at radius 2 is 1.95 bits per heavy atom. The molecule has 3 aliphatic rings. The molecule has 3 atom stereocenters. The third kappa shape index (κ3) is 4.88.